The lowest BCUT2D eigenvalue weighted by Crippen LogP contribution is -2.37. The Morgan fingerprint density at radius 3 is 1.80 bits per heavy atom. The fraction of sp³-hybridized carbons (Fsp3) is 0.273. The summed E-state index contributed by atoms with van der Waals surface area (Å²) < 4.78 is 11.1. The van der Waals surface area contributed by atoms with Crippen LogP contribution in [0.4, 0.5) is 0 Å². The molecule has 0 aliphatic heterocycles. The highest BCUT2D eigenvalue weighted by molar-refractivity contribution is 6.19. The molecule has 0 bridgehead atoms. The summed E-state index contributed by atoms with van der Waals surface area (Å²) in [6.07, 6.45) is 6.88. The fourth-order valence-electron chi connectivity index (χ4n) is 3.48. The molecule has 130 valence electrons. The number of halogens is 1. The summed E-state index contributed by atoms with van der Waals surface area (Å²) in [5.74, 6) is -0.251. The Kier molecular flexibility index (Phi) is 5.43. The second kappa shape index (κ2) is 7.57. The SMILES string of the molecule is COC1(OC)C=CC(C(CCl)(c2ccccc2)c2ccccc2)=CC1. The van der Waals surface area contributed by atoms with Gasteiger partial charge in [0, 0.05) is 26.5 Å². The summed E-state index contributed by atoms with van der Waals surface area (Å²) in [5.41, 5.74) is 3.10. The van der Waals surface area contributed by atoms with Crippen molar-refractivity contribution in [2.45, 2.75) is 17.6 Å². The van der Waals surface area contributed by atoms with Crippen LogP contribution in [0.5, 0.6) is 0 Å². The van der Waals surface area contributed by atoms with Gasteiger partial charge in [-0.15, -0.1) is 11.6 Å². The first-order valence-electron chi connectivity index (χ1n) is 8.38. The van der Waals surface area contributed by atoms with Crippen LogP contribution in [0.25, 0.3) is 0 Å². The zero-order valence-electron chi connectivity index (χ0n) is 14.6. The number of methoxy groups -OCH3 is 2. The molecule has 2 nitrogen and oxygen atoms in total. The van der Waals surface area contributed by atoms with Crippen LogP contribution in [-0.2, 0) is 14.9 Å². The molecule has 0 N–H and O–H groups in total. The molecule has 1 aliphatic rings. The van der Waals surface area contributed by atoms with Crippen molar-refractivity contribution >= 4 is 11.6 Å². The van der Waals surface area contributed by atoms with Gasteiger partial charge in [0.15, 0.2) is 5.79 Å². The molecule has 0 atom stereocenters. The third kappa shape index (κ3) is 3.18. The van der Waals surface area contributed by atoms with E-state index in [9.17, 15) is 0 Å². The summed E-state index contributed by atoms with van der Waals surface area (Å²) in [4.78, 5) is 0. The summed E-state index contributed by atoms with van der Waals surface area (Å²) in [5, 5.41) is 0. The average molecular weight is 355 g/mol. The van der Waals surface area contributed by atoms with Gasteiger partial charge >= 0.3 is 0 Å². The van der Waals surface area contributed by atoms with Gasteiger partial charge in [-0.2, -0.15) is 0 Å². The van der Waals surface area contributed by atoms with Gasteiger partial charge in [-0.3, -0.25) is 0 Å². The van der Waals surface area contributed by atoms with Crippen LogP contribution in [0.1, 0.15) is 17.5 Å². The van der Waals surface area contributed by atoms with E-state index in [2.05, 4.69) is 60.7 Å². The molecule has 2 aromatic carbocycles. The van der Waals surface area contributed by atoms with Crippen molar-refractivity contribution in [3.63, 3.8) is 0 Å². The van der Waals surface area contributed by atoms with Gasteiger partial charge in [-0.1, -0.05) is 72.8 Å². The smallest absolute Gasteiger partial charge is 0.190 e. The van der Waals surface area contributed by atoms with E-state index in [1.165, 1.54) is 11.1 Å². The van der Waals surface area contributed by atoms with E-state index in [0.717, 1.165) is 5.57 Å². The minimum Gasteiger partial charge on any atom is -0.349 e. The van der Waals surface area contributed by atoms with E-state index >= 15 is 0 Å². The van der Waals surface area contributed by atoms with Crippen LogP contribution in [0.2, 0.25) is 0 Å². The molecule has 3 heteroatoms. The molecule has 0 spiro atoms. The maximum atomic E-state index is 6.63. The molecule has 0 fully saturated rings. The Bertz CT molecular complexity index is 707. The Morgan fingerprint density at radius 2 is 1.44 bits per heavy atom. The van der Waals surface area contributed by atoms with Crippen LogP contribution in [0.3, 0.4) is 0 Å². The first-order chi connectivity index (χ1) is 12.2. The Hall–Kier alpha value is -1.87. The summed E-state index contributed by atoms with van der Waals surface area (Å²) in [7, 11) is 3.33. The van der Waals surface area contributed by atoms with Crippen molar-refractivity contribution in [1.29, 1.82) is 0 Å². The average Bonchev–Trinajstić information content (AvgIpc) is 2.71. The van der Waals surface area contributed by atoms with E-state index in [1.54, 1.807) is 14.2 Å². The normalized spacial score (nSPS) is 16.5. The molecule has 0 heterocycles. The number of hydrogen-bond acceptors (Lipinski definition) is 2. The molecular formula is C22H23ClO2. The molecule has 0 aromatic heterocycles. The molecule has 25 heavy (non-hydrogen) atoms. The highest BCUT2D eigenvalue weighted by Crippen LogP contribution is 2.43. The molecule has 0 unspecified atom stereocenters. The van der Waals surface area contributed by atoms with Crippen LogP contribution in [-0.4, -0.2) is 25.9 Å². The number of hydrogen-bond donors (Lipinski definition) is 0. The summed E-state index contributed by atoms with van der Waals surface area (Å²) >= 11 is 6.63. The summed E-state index contributed by atoms with van der Waals surface area (Å²) in [6.45, 7) is 0. The first kappa shape index (κ1) is 17.9. The lowest BCUT2D eigenvalue weighted by atomic mass is 9.69. The van der Waals surface area contributed by atoms with E-state index in [4.69, 9.17) is 21.1 Å². The first-order valence-corrected chi connectivity index (χ1v) is 8.91. The zero-order valence-corrected chi connectivity index (χ0v) is 15.4. The number of alkyl halides is 1. The van der Waals surface area contributed by atoms with Gasteiger partial charge in [0.25, 0.3) is 0 Å². The standard InChI is InChI=1S/C22H23ClO2/c1-24-21(25-2)15-13-20(14-16-21)22(17-23,18-9-5-3-6-10-18)19-11-7-4-8-12-19/h3-15H,16-17H2,1-2H3. The second-order valence-electron chi connectivity index (χ2n) is 6.19. The molecule has 0 amide bonds. The van der Waals surface area contributed by atoms with Crippen molar-refractivity contribution in [3.8, 4) is 0 Å². The molecular weight excluding hydrogens is 332 g/mol. The van der Waals surface area contributed by atoms with Crippen molar-refractivity contribution < 1.29 is 9.47 Å². The second-order valence-corrected chi connectivity index (χ2v) is 6.46. The van der Waals surface area contributed by atoms with Crippen molar-refractivity contribution in [2.75, 3.05) is 20.1 Å². The third-order valence-corrected chi connectivity index (χ3v) is 5.44. The molecule has 2 aromatic rings. The number of allylic oxidation sites excluding steroid dienone is 2. The van der Waals surface area contributed by atoms with Crippen molar-refractivity contribution in [3.05, 3.63) is 95.6 Å². The van der Waals surface area contributed by atoms with Gasteiger partial charge in [-0.25, -0.2) is 0 Å². The number of rotatable bonds is 6. The number of ether oxygens (including phenoxy) is 2. The monoisotopic (exact) mass is 354 g/mol. The number of benzene rings is 2. The predicted molar refractivity (Wildman–Crippen MR) is 103 cm³/mol. The topological polar surface area (TPSA) is 18.5 Å². The van der Waals surface area contributed by atoms with E-state index < -0.39 is 11.2 Å². The molecule has 1 aliphatic carbocycles. The maximum Gasteiger partial charge on any atom is 0.190 e. The summed E-state index contributed by atoms with van der Waals surface area (Å²) in [6, 6.07) is 20.8. The lowest BCUT2D eigenvalue weighted by molar-refractivity contribution is -0.168. The Balaban J connectivity index is 2.14. The molecule has 0 saturated heterocycles. The third-order valence-electron chi connectivity index (χ3n) is 5.04. The van der Waals surface area contributed by atoms with Gasteiger partial charge in [-0.05, 0) is 22.8 Å². The van der Waals surface area contributed by atoms with E-state index in [-0.39, 0.29) is 0 Å². The van der Waals surface area contributed by atoms with Crippen LogP contribution in [0, 0.1) is 0 Å². The van der Waals surface area contributed by atoms with Gasteiger partial charge in [0.05, 0.1) is 5.41 Å². The fourth-order valence-corrected chi connectivity index (χ4v) is 3.95. The van der Waals surface area contributed by atoms with Crippen molar-refractivity contribution in [1.82, 2.24) is 0 Å². The van der Waals surface area contributed by atoms with Gasteiger partial charge in [0.2, 0.25) is 0 Å². The maximum absolute atomic E-state index is 6.63. The molecule has 3 rings (SSSR count). The largest absolute Gasteiger partial charge is 0.349 e. The minimum absolute atomic E-state index is 0.409. The molecule has 0 radical (unpaired) electrons. The zero-order chi connectivity index (χ0) is 17.8. The highest BCUT2D eigenvalue weighted by Gasteiger charge is 2.39. The van der Waals surface area contributed by atoms with Gasteiger partial charge < -0.3 is 9.47 Å². The lowest BCUT2D eigenvalue weighted by Gasteiger charge is -2.38. The van der Waals surface area contributed by atoms with Gasteiger partial charge in [0.1, 0.15) is 0 Å². The van der Waals surface area contributed by atoms with Crippen LogP contribution < -0.4 is 0 Å². The minimum atomic E-state index is -0.699. The van der Waals surface area contributed by atoms with Crippen LogP contribution in [0.15, 0.2) is 84.5 Å². The Morgan fingerprint density at radius 1 is 0.920 bits per heavy atom. The van der Waals surface area contributed by atoms with E-state index in [0.29, 0.717) is 12.3 Å². The highest BCUT2D eigenvalue weighted by atomic mass is 35.5. The van der Waals surface area contributed by atoms with E-state index in [1.807, 2.05) is 18.2 Å². The Labute approximate surface area is 154 Å². The van der Waals surface area contributed by atoms with Crippen LogP contribution >= 0.6 is 11.6 Å². The predicted octanol–water partition coefficient (Wildman–Crippen LogP) is 5.09. The van der Waals surface area contributed by atoms with Crippen molar-refractivity contribution in [2.24, 2.45) is 0 Å². The molecule has 0 saturated carbocycles. The quantitative estimate of drug-likeness (QED) is 0.531.